The first-order valence-corrected chi connectivity index (χ1v) is 11.3. The van der Waals surface area contributed by atoms with E-state index in [0.717, 1.165) is 43.9 Å². The van der Waals surface area contributed by atoms with Crippen LogP contribution in [0, 0.1) is 6.92 Å². The Balaban J connectivity index is 1.64. The summed E-state index contributed by atoms with van der Waals surface area (Å²) in [5, 5.41) is 15.0. The summed E-state index contributed by atoms with van der Waals surface area (Å²) in [6.07, 6.45) is 0. The van der Waals surface area contributed by atoms with Gasteiger partial charge in [0.05, 0.1) is 11.2 Å². The predicted octanol–water partition coefficient (Wildman–Crippen LogP) is 6.53. The van der Waals surface area contributed by atoms with Gasteiger partial charge < -0.3 is 14.2 Å². The zero-order valence-electron chi connectivity index (χ0n) is 19.8. The molecule has 1 radical (unpaired) electrons. The number of fused-ring (bicyclic) bond motifs is 4. The Kier molecular flexibility index (Phi) is 5.11. The normalized spacial score (nSPS) is 12.7. The molecule has 0 aliphatic carbocycles. The maximum atomic E-state index is 10.5. The van der Waals surface area contributed by atoms with E-state index >= 15 is 0 Å². The summed E-state index contributed by atoms with van der Waals surface area (Å²) in [5.74, 6) is 0. The third-order valence-electron chi connectivity index (χ3n) is 6.89. The van der Waals surface area contributed by atoms with Crippen LogP contribution in [0.2, 0.25) is 0 Å². The fourth-order valence-electron chi connectivity index (χ4n) is 4.27. The van der Waals surface area contributed by atoms with Crippen molar-refractivity contribution in [3.63, 3.8) is 0 Å². The molecule has 0 bridgehead atoms. The monoisotopic (exact) mass is 435 g/mol. The second-order valence-corrected chi connectivity index (χ2v) is 9.82. The van der Waals surface area contributed by atoms with E-state index in [-0.39, 0.29) is 0 Å². The van der Waals surface area contributed by atoms with Crippen LogP contribution >= 0.6 is 0 Å². The molecule has 0 spiro atoms. The van der Waals surface area contributed by atoms with Crippen molar-refractivity contribution in [2.24, 2.45) is 0 Å². The molecule has 0 atom stereocenters. The van der Waals surface area contributed by atoms with E-state index in [9.17, 15) is 5.11 Å². The van der Waals surface area contributed by atoms with Crippen molar-refractivity contribution in [2.45, 2.75) is 45.8 Å². The first-order valence-electron chi connectivity index (χ1n) is 11.3. The van der Waals surface area contributed by atoms with Crippen LogP contribution in [0.5, 0.6) is 0 Å². The van der Waals surface area contributed by atoms with Gasteiger partial charge in [0.25, 0.3) is 0 Å². The first kappa shape index (κ1) is 21.8. The Morgan fingerprint density at radius 1 is 0.758 bits per heavy atom. The highest BCUT2D eigenvalue weighted by Crippen LogP contribution is 2.36. The summed E-state index contributed by atoms with van der Waals surface area (Å²) in [7, 11) is 1.78. The summed E-state index contributed by atoms with van der Waals surface area (Å²) < 4.78 is 12.1. The second-order valence-electron chi connectivity index (χ2n) is 9.82. The zero-order valence-corrected chi connectivity index (χ0v) is 19.8. The van der Waals surface area contributed by atoms with Gasteiger partial charge in [-0.2, -0.15) is 0 Å². The van der Waals surface area contributed by atoms with Gasteiger partial charge in [-0.3, -0.25) is 0 Å². The molecule has 165 valence electrons. The van der Waals surface area contributed by atoms with Gasteiger partial charge in [0.1, 0.15) is 11.2 Å². The number of hydrogen-bond acceptors (Lipinski definition) is 3. The summed E-state index contributed by atoms with van der Waals surface area (Å²) in [4.78, 5) is 0. The molecule has 0 saturated carbocycles. The summed E-state index contributed by atoms with van der Waals surface area (Å²) in [5.41, 5.74) is 4.63. The number of rotatable bonds is 5. The third kappa shape index (κ3) is 3.74. The van der Waals surface area contributed by atoms with Crippen LogP contribution in [0.15, 0.2) is 77.2 Å². The van der Waals surface area contributed by atoms with Gasteiger partial charge in [0.2, 0.25) is 0 Å². The lowest BCUT2D eigenvalue weighted by atomic mass is 9.77. The SMILES string of the molecule is Cc1cc([B]OC(C)(C)C(C)(C)O)c2ccccc2c1-c1ccc2oc3ccccc3c2c1. The molecule has 3 nitrogen and oxygen atoms in total. The summed E-state index contributed by atoms with van der Waals surface area (Å²) in [6, 6.07) is 25.2. The predicted molar refractivity (Wildman–Crippen MR) is 138 cm³/mol. The Labute approximate surface area is 195 Å². The lowest BCUT2D eigenvalue weighted by Crippen LogP contribution is -2.49. The molecule has 0 fully saturated rings. The molecular weight excluding hydrogens is 407 g/mol. The van der Waals surface area contributed by atoms with E-state index < -0.39 is 11.2 Å². The van der Waals surface area contributed by atoms with E-state index in [4.69, 9.17) is 9.07 Å². The zero-order chi connectivity index (χ0) is 23.4. The Morgan fingerprint density at radius 3 is 2.12 bits per heavy atom. The van der Waals surface area contributed by atoms with Crippen molar-refractivity contribution < 1.29 is 14.2 Å². The molecule has 0 unspecified atom stereocenters. The topological polar surface area (TPSA) is 42.6 Å². The van der Waals surface area contributed by atoms with Crippen LogP contribution in [0.25, 0.3) is 43.8 Å². The molecule has 0 aliphatic rings. The molecular formula is C29H28BO3. The molecule has 0 aliphatic heterocycles. The molecule has 1 aromatic heterocycles. The average Bonchev–Trinajstić information content (AvgIpc) is 3.15. The van der Waals surface area contributed by atoms with Crippen LogP contribution in [0.3, 0.4) is 0 Å². The van der Waals surface area contributed by atoms with E-state index in [1.54, 1.807) is 21.3 Å². The molecule has 5 aromatic rings. The number of aliphatic hydroxyl groups is 1. The number of furan rings is 1. The minimum absolute atomic E-state index is 0.728. The number of para-hydroxylation sites is 1. The number of hydrogen-bond donors (Lipinski definition) is 1. The van der Waals surface area contributed by atoms with Crippen LogP contribution in [0.1, 0.15) is 33.3 Å². The molecule has 5 rings (SSSR count). The Hall–Kier alpha value is -3.08. The van der Waals surface area contributed by atoms with Crippen LogP contribution in [-0.4, -0.2) is 23.8 Å². The maximum absolute atomic E-state index is 10.5. The minimum atomic E-state index is -0.975. The third-order valence-corrected chi connectivity index (χ3v) is 6.89. The Bertz CT molecular complexity index is 1490. The maximum Gasteiger partial charge on any atom is 0.331 e. The number of aryl methyl sites for hydroxylation is 1. The highest BCUT2D eigenvalue weighted by molar-refractivity contribution is 6.52. The quantitative estimate of drug-likeness (QED) is 0.320. The summed E-state index contributed by atoms with van der Waals surface area (Å²) in [6.45, 7) is 9.47. The smallest absolute Gasteiger partial charge is 0.331 e. The van der Waals surface area contributed by atoms with Crippen LogP contribution < -0.4 is 5.46 Å². The van der Waals surface area contributed by atoms with Crippen molar-refractivity contribution in [3.8, 4) is 11.1 Å². The van der Waals surface area contributed by atoms with Gasteiger partial charge in [0.15, 0.2) is 0 Å². The van der Waals surface area contributed by atoms with Crippen LogP contribution in [-0.2, 0) is 4.65 Å². The van der Waals surface area contributed by atoms with Crippen molar-refractivity contribution in [1.82, 2.24) is 0 Å². The second kappa shape index (κ2) is 7.76. The molecule has 0 amide bonds. The van der Waals surface area contributed by atoms with Gasteiger partial charge in [-0.25, -0.2) is 0 Å². The van der Waals surface area contributed by atoms with Crippen molar-refractivity contribution >= 4 is 45.7 Å². The van der Waals surface area contributed by atoms with Gasteiger partial charge >= 0.3 is 7.48 Å². The highest BCUT2D eigenvalue weighted by atomic mass is 16.5. The van der Waals surface area contributed by atoms with E-state index in [2.05, 4.69) is 55.5 Å². The lowest BCUT2D eigenvalue weighted by molar-refractivity contribution is -0.0893. The van der Waals surface area contributed by atoms with Gasteiger partial charge in [-0.05, 0) is 85.7 Å². The highest BCUT2D eigenvalue weighted by Gasteiger charge is 2.36. The Morgan fingerprint density at radius 2 is 1.39 bits per heavy atom. The van der Waals surface area contributed by atoms with Crippen LogP contribution in [0.4, 0.5) is 0 Å². The lowest BCUT2D eigenvalue weighted by Gasteiger charge is -2.37. The van der Waals surface area contributed by atoms with Gasteiger partial charge in [0, 0.05) is 10.8 Å². The van der Waals surface area contributed by atoms with Gasteiger partial charge in [-0.15, -0.1) is 0 Å². The molecule has 1 N–H and O–H groups in total. The van der Waals surface area contributed by atoms with E-state index in [1.807, 2.05) is 38.1 Å². The number of benzene rings is 4. The van der Waals surface area contributed by atoms with Crippen molar-refractivity contribution in [3.05, 3.63) is 78.4 Å². The molecule has 4 aromatic carbocycles. The largest absolute Gasteiger partial charge is 0.456 e. The average molecular weight is 435 g/mol. The minimum Gasteiger partial charge on any atom is -0.456 e. The molecule has 1 heterocycles. The summed E-state index contributed by atoms with van der Waals surface area (Å²) >= 11 is 0. The van der Waals surface area contributed by atoms with E-state index in [1.165, 1.54) is 10.9 Å². The molecule has 0 saturated heterocycles. The molecule has 33 heavy (non-hydrogen) atoms. The molecule has 4 heteroatoms. The first-order chi connectivity index (χ1) is 15.7. The van der Waals surface area contributed by atoms with E-state index in [0.29, 0.717) is 0 Å². The standard InChI is InChI=1S/C29H28BO3/c1-18-16-24(30-33-29(4,5)28(2,3)31)20-10-6-7-12-22(20)27(18)19-14-15-26-23(17-19)21-11-8-9-13-25(21)32-26/h6-17,31H,1-5H3. The van der Waals surface area contributed by atoms with Crippen molar-refractivity contribution in [1.29, 1.82) is 0 Å². The fourth-order valence-corrected chi connectivity index (χ4v) is 4.27. The van der Waals surface area contributed by atoms with Crippen molar-refractivity contribution in [2.75, 3.05) is 0 Å². The fraction of sp³-hybridized carbons (Fsp3) is 0.241. The van der Waals surface area contributed by atoms with Gasteiger partial charge in [-0.1, -0.05) is 54.6 Å².